The first kappa shape index (κ1) is 5.73. The van der Waals surface area contributed by atoms with Crippen LogP contribution in [0.5, 0.6) is 0 Å². The smallest absolute Gasteiger partial charge is 0.208 e. The van der Waals surface area contributed by atoms with E-state index in [1.54, 1.807) is 6.26 Å². The van der Waals surface area contributed by atoms with Crippen LogP contribution in [0.25, 0.3) is 0 Å². The molecular weight excluding hydrogens is 123 g/mol. The summed E-state index contributed by atoms with van der Waals surface area (Å²) < 4.78 is 4.86. The molecule has 0 fully saturated rings. The normalized spacial score (nSPS) is 9.75. The fourth-order valence-electron chi connectivity index (χ4n) is 0.419. The first-order valence-electron chi connectivity index (χ1n) is 2.23. The molecular formula is C4H7N2OP. The molecule has 3 nitrogen and oxygen atoms in total. The summed E-state index contributed by atoms with van der Waals surface area (Å²) in [7, 11) is 2.42. The molecule has 8 heavy (non-hydrogen) atoms. The summed E-state index contributed by atoms with van der Waals surface area (Å²) in [5.41, 5.74) is 5.99. The van der Waals surface area contributed by atoms with Crippen LogP contribution in [0.2, 0.25) is 0 Å². The Bertz CT molecular complexity index is 174. The van der Waals surface area contributed by atoms with Crippen LogP contribution >= 0.6 is 9.24 Å². The lowest BCUT2D eigenvalue weighted by Gasteiger charge is -1.79. The number of nitrogens with zero attached hydrogens (tertiary/aromatic N) is 1. The quantitative estimate of drug-likeness (QED) is 0.528. The van der Waals surface area contributed by atoms with Crippen molar-refractivity contribution in [1.29, 1.82) is 0 Å². The van der Waals surface area contributed by atoms with E-state index in [2.05, 4.69) is 14.2 Å². The maximum Gasteiger partial charge on any atom is 0.208 e. The molecule has 0 bridgehead atoms. The van der Waals surface area contributed by atoms with Crippen molar-refractivity contribution >= 4 is 14.7 Å². The maximum atomic E-state index is 5.20. The van der Waals surface area contributed by atoms with Crippen molar-refractivity contribution in [3.8, 4) is 0 Å². The SMILES string of the molecule is NCc1nc(P)co1. The minimum atomic E-state index is 0.369. The van der Waals surface area contributed by atoms with E-state index in [-0.39, 0.29) is 0 Å². The van der Waals surface area contributed by atoms with Gasteiger partial charge in [-0.05, 0) is 0 Å². The molecule has 1 aromatic rings. The van der Waals surface area contributed by atoms with Crippen molar-refractivity contribution in [3.05, 3.63) is 12.2 Å². The molecule has 0 amide bonds. The Kier molecular flexibility index (Phi) is 1.61. The van der Waals surface area contributed by atoms with Crippen LogP contribution in [0.3, 0.4) is 0 Å². The van der Waals surface area contributed by atoms with Gasteiger partial charge in [0.15, 0.2) is 0 Å². The predicted octanol–water partition coefficient (Wildman–Crippen LogP) is -0.366. The molecule has 0 saturated carbocycles. The molecule has 1 rings (SSSR count). The molecule has 1 aromatic heterocycles. The molecule has 0 aliphatic heterocycles. The topological polar surface area (TPSA) is 52.0 Å². The van der Waals surface area contributed by atoms with E-state index >= 15 is 0 Å². The summed E-state index contributed by atoms with van der Waals surface area (Å²) in [4.78, 5) is 3.90. The van der Waals surface area contributed by atoms with Crippen LogP contribution in [-0.2, 0) is 6.54 Å². The second-order valence-electron chi connectivity index (χ2n) is 1.37. The summed E-state index contributed by atoms with van der Waals surface area (Å²) in [6.45, 7) is 0.369. The van der Waals surface area contributed by atoms with Gasteiger partial charge in [0.1, 0.15) is 6.26 Å². The zero-order valence-corrected chi connectivity index (χ0v) is 5.45. The molecule has 1 heterocycles. The molecule has 0 spiro atoms. The van der Waals surface area contributed by atoms with Crippen LogP contribution in [-0.4, -0.2) is 4.98 Å². The summed E-state index contributed by atoms with van der Waals surface area (Å²) in [6.07, 6.45) is 1.55. The number of oxazole rings is 1. The number of hydrogen-bond donors (Lipinski definition) is 1. The molecule has 1 atom stereocenters. The summed E-state index contributed by atoms with van der Waals surface area (Å²) in [6, 6.07) is 0. The van der Waals surface area contributed by atoms with Gasteiger partial charge in [-0.1, -0.05) is 9.24 Å². The maximum absolute atomic E-state index is 5.20. The van der Waals surface area contributed by atoms with Gasteiger partial charge < -0.3 is 10.2 Å². The Morgan fingerprint density at radius 2 is 2.62 bits per heavy atom. The summed E-state index contributed by atoms with van der Waals surface area (Å²) in [5.74, 6) is 0.579. The van der Waals surface area contributed by atoms with Gasteiger partial charge in [0.25, 0.3) is 0 Å². The highest BCUT2D eigenvalue weighted by Crippen LogP contribution is 1.92. The van der Waals surface area contributed by atoms with Crippen LogP contribution in [0.4, 0.5) is 0 Å². The Morgan fingerprint density at radius 1 is 1.88 bits per heavy atom. The van der Waals surface area contributed by atoms with Crippen LogP contribution in [0.1, 0.15) is 5.89 Å². The lowest BCUT2D eigenvalue weighted by atomic mass is 10.7. The zero-order valence-electron chi connectivity index (χ0n) is 4.29. The van der Waals surface area contributed by atoms with Crippen molar-refractivity contribution in [1.82, 2.24) is 4.98 Å². The molecule has 0 saturated heterocycles. The van der Waals surface area contributed by atoms with Gasteiger partial charge in [-0.2, -0.15) is 0 Å². The third-order valence-electron chi connectivity index (χ3n) is 0.744. The Labute approximate surface area is 49.5 Å². The average molecular weight is 130 g/mol. The number of hydrogen-bond acceptors (Lipinski definition) is 3. The van der Waals surface area contributed by atoms with Gasteiger partial charge in [0.2, 0.25) is 5.89 Å². The van der Waals surface area contributed by atoms with Crippen LogP contribution < -0.4 is 11.2 Å². The van der Waals surface area contributed by atoms with Crippen molar-refractivity contribution < 1.29 is 4.42 Å². The van der Waals surface area contributed by atoms with Gasteiger partial charge >= 0.3 is 0 Å². The van der Waals surface area contributed by atoms with E-state index in [1.165, 1.54) is 0 Å². The lowest BCUT2D eigenvalue weighted by Crippen LogP contribution is -1.98. The Balaban J connectivity index is 2.84. The highest BCUT2D eigenvalue weighted by Gasteiger charge is 1.93. The summed E-state index contributed by atoms with van der Waals surface area (Å²) >= 11 is 0. The first-order chi connectivity index (χ1) is 3.83. The van der Waals surface area contributed by atoms with Crippen LogP contribution in [0.15, 0.2) is 10.7 Å². The van der Waals surface area contributed by atoms with E-state index in [0.717, 1.165) is 5.44 Å². The second-order valence-corrected chi connectivity index (χ2v) is 1.96. The number of rotatable bonds is 1. The molecule has 0 aliphatic rings. The molecule has 1 unspecified atom stereocenters. The van der Waals surface area contributed by atoms with Gasteiger partial charge in [0, 0.05) is 0 Å². The van der Waals surface area contributed by atoms with E-state index < -0.39 is 0 Å². The standard InChI is InChI=1S/C4H7N2OP/c5-1-3-6-4(8)2-7-3/h2H,1,5,8H2. The lowest BCUT2D eigenvalue weighted by molar-refractivity contribution is 0.498. The molecule has 0 aromatic carbocycles. The number of nitrogens with two attached hydrogens (primary N) is 1. The fraction of sp³-hybridized carbons (Fsp3) is 0.250. The third kappa shape index (κ3) is 1.05. The first-order valence-corrected chi connectivity index (χ1v) is 2.80. The van der Waals surface area contributed by atoms with Gasteiger partial charge in [-0.15, -0.1) is 0 Å². The van der Waals surface area contributed by atoms with Crippen molar-refractivity contribution in [3.63, 3.8) is 0 Å². The Morgan fingerprint density at radius 3 is 2.88 bits per heavy atom. The van der Waals surface area contributed by atoms with Crippen molar-refractivity contribution in [2.24, 2.45) is 5.73 Å². The van der Waals surface area contributed by atoms with E-state index in [9.17, 15) is 0 Å². The molecule has 2 N–H and O–H groups in total. The van der Waals surface area contributed by atoms with Gasteiger partial charge in [-0.3, -0.25) is 0 Å². The number of aromatic nitrogens is 1. The monoisotopic (exact) mass is 130 g/mol. The highest BCUT2D eigenvalue weighted by atomic mass is 31.0. The highest BCUT2D eigenvalue weighted by molar-refractivity contribution is 7.26. The van der Waals surface area contributed by atoms with Crippen molar-refractivity contribution in [2.75, 3.05) is 0 Å². The van der Waals surface area contributed by atoms with E-state index in [0.29, 0.717) is 12.4 Å². The van der Waals surface area contributed by atoms with Crippen molar-refractivity contribution in [2.45, 2.75) is 6.54 Å². The average Bonchev–Trinajstić information content (AvgIpc) is 2.14. The van der Waals surface area contributed by atoms with E-state index in [4.69, 9.17) is 10.2 Å². The molecule has 44 valence electrons. The van der Waals surface area contributed by atoms with Crippen LogP contribution in [0, 0.1) is 0 Å². The van der Waals surface area contributed by atoms with Gasteiger partial charge in [0.05, 0.1) is 12.0 Å². The molecule has 0 radical (unpaired) electrons. The molecule has 0 aliphatic carbocycles. The van der Waals surface area contributed by atoms with Gasteiger partial charge in [-0.25, -0.2) is 4.98 Å². The minimum absolute atomic E-state index is 0.369. The third-order valence-corrected chi connectivity index (χ3v) is 1.01. The minimum Gasteiger partial charge on any atom is -0.447 e. The Hall–Kier alpha value is -0.400. The second kappa shape index (κ2) is 2.25. The fourth-order valence-corrected chi connectivity index (χ4v) is 0.631. The molecule has 4 heteroatoms. The largest absolute Gasteiger partial charge is 0.447 e. The zero-order chi connectivity index (χ0) is 5.98. The predicted molar refractivity (Wildman–Crippen MR) is 33.7 cm³/mol. The summed E-state index contributed by atoms with van der Waals surface area (Å²) in [5, 5.41) is 0. The van der Waals surface area contributed by atoms with E-state index in [1.807, 2.05) is 0 Å².